The van der Waals surface area contributed by atoms with E-state index in [1.165, 1.54) is 37.6 Å². The molecule has 39 heavy (non-hydrogen) atoms. The number of carbonyl (C=O) groups excluding carboxylic acids is 1. The fraction of sp³-hybridized carbons (Fsp3) is 0.143. The van der Waals surface area contributed by atoms with Crippen LogP contribution in [0, 0.1) is 13.8 Å². The molecule has 4 aromatic rings. The fourth-order valence-corrected chi connectivity index (χ4v) is 5.97. The minimum Gasteiger partial charge on any atom is -0.495 e. The van der Waals surface area contributed by atoms with Crippen LogP contribution in [0.25, 0.3) is 5.69 Å². The third kappa shape index (κ3) is 6.11. The number of rotatable bonds is 9. The van der Waals surface area contributed by atoms with E-state index in [0.717, 1.165) is 26.9 Å². The van der Waals surface area contributed by atoms with Crippen LogP contribution >= 0.6 is 23.2 Å². The number of amides is 1. The highest BCUT2D eigenvalue weighted by Gasteiger charge is 2.29. The summed E-state index contributed by atoms with van der Waals surface area (Å²) in [5, 5.41) is 4.97. The highest BCUT2D eigenvalue weighted by Crippen LogP contribution is 2.34. The summed E-state index contributed by atoms with van der Waals surface area (Å²) < 4.78 is 35.5. The number of benzene rings is 3. The van der Waals surface area contributed by atoms with Crippen LogP contribution in [0.2, 0.25) is 10.0 Å². The number of aryl methyl sites for hydroxylation is 1. The molecule has 0 radical (unpaired) electrons. The van der Waals surface area contributed by atoms with Gasteiger partial charge >= 0.3 is 0 Å². The summed E-state index contributed by atoms with van der Waals surface area (Å²) in [6.07, 6.45) is 1.50. The van der Waals surface area contributed by atoms with Gasteiger partial charge in [-0.15, -0.1) is 0 Å². The maximum absolute atomic E-state index is 13.6. The number of sulfonamides is 1. The zero-order valence-corrected chi connectivity index (χ0v) is 23.8. The van der Waals surface area contributed by atoms with Crippen LogP contribution in [0.15, 0.2) is 88.9 Å². The molecule has 0 atom stereocenters. The monoisotopic (exact) mass is 584 g/mol. The number of hydrazone groups is 1. The van der Waals surface area contributed by atoms with Gasteiger partial charge in [0.1, 0.15) is 12.3 Å². The van der Waals surface area contributed by atoms with Gasteiger partial charge in [-0.2, -0.15) is 5.10 Å². The molecule has 0 fully saturated rings. The van der Waals surface area contributed by atoms with Gasteiger partial charge in [0.25, 0.3) is 15.9 Å². The van der Waals surface area contributed by atoms with E-state index in [1.54, 1.807) is 24.3 Å². The number of hydrogen-bond acceptors (Lipinski definition) is 5. The molecule has 3 aromatic carbocycles. The Kier molecular flexibility index (Phi) is 8.64. The Morgan fingerprint density at radius 1 is 1.03 bits per heavy atom. The second kappa shape index (κ2) is 11.9. The lowest BCUT2D eigenvalue weighted by Gasteiger charge is -2.25. The summed E-state index contributed by atoms with van der Waals surface area (Å²) >= 11 is 12.6. The first-order chi connectivity index (χ1) is 18.6. The van der Waals surface area contributed by atoms with Gasteiger partial charge in [-0.3, -0.25) is 9.10 Å². The van der Waals surface area contributed by atoms with Crippen molar-refractivity contribution < 1.29 is 17.9 Å². The van der Waals surface area contributed by atoms with Crippen molar-refractivity contribution in [3.05, 3.63) is 106 Å². The van der Waals surface area contributed by atoms with E-state index < -0.39 is 22.5 Å². The number of nitrogens with zero attached hydrogens (tertiary/aromatic N) is 3. The number of halogens is 2. The normalized spacial score (nSPS) is 11.5. The van der Waals surface area contributed by atoms with E-state index in [9.17, 15) is 13.2 Å². The van der Waals surface area contributed by atoms with E-state index >= 15 is 0 Å². The van der Waals surface area contributed by atoms with Crippen molar-refractivity contribution in [1.29, 1.82) is 0 Å². The standard InChI is InChI=1S/C28H26Cl2N4O4S/c1-19-15-21(20(2)34(19)25-12-8-7-11-24(25)30)17-31-32-28(35)18-33(26-16-22(29)13-14-27(26)38-3)39(36,37)23-9-5-4-6-10-23/h4-17H,18H2,1-3H3,(H,32,35)/b31-17-. The summed E-state index contributed by atoms with van der Waals surface area (Å²) in [6.45, 7) is 3.29. The second-order valence-electron chi connectivity index (χ2n) is 8.55. The predicted molar refractivity (Wildman–Crippen MR) is 155 cm³/mol. The van der Waals surface area contributed by atoms with Gasteiger partial charge < -0.3 is 9.30 Å². The van der Waals surface area contributed by atoms with Crippen molar-refractivity contribution in [3.8, 4) is 11.4 Å². The maximum atomic E-state index is 13.6. The maximum Gasteiger partial charge on any atom is 0.264 e. The lowest BCUT2D eigenvalue weighted by atomic mass is 10.2. The van der Waals surface area contributed by atoms with E-state index in [-0.39, 0.29) is 21.4 Å². The number of methoxy groups -OCH3 is 1. The molecule has 0 spiro atoms. The molecule has 0 aliphatic carbocycles. The topological polar surface area (TPSA) is 93.0 Å². The SMILES string of the molecule is COc1ccc(Cl)cc1N(CC(=O)N/N=C\c1cc(C)n(-c2ccccc2Cl)c1C)S(=O)(=O)c1ccccc1. The minimum atomic E-state index is -4.15. The van der Waals surface area contributed by atoms with Crippen molar-refractivity contribution in [2.45, 2.75) is 18.7 Å². The van der Waals surface area contributed by atoms with E-state index in [0.29, 0.717) is 5.02 Å². The molecule has 8 nitrogen and oxygen atoms in total. The predicted octanol–water partition coefficient (Wildman–Crippen LogP) is 5.76. The number of para-hydroxylation sites is 1. The summed E-state index contributed by atoms with van der Waals surface area (Å²) in [6, 6.07) is 21.7. The molecular formula is C28H26Cl2N4O4S. The molecule has 0 aliphatic heterocycles. The molecule has 1 amide bonds. The Morgan fingerprint density at radius 3 is 2.41 bits per heavy atom. The highest BCUT2D eigenvalue weighted by molar-refractivity contribution is 7.92. The van der Waals surface area contributed by atoms with E-state index in [1.807, 2.05) is 48.7 Å². The molecule has 0 aliphatic rings. The third-order valence-electron chi connectivity index (χ3n) is 5.98. The van der Waals surface area contributed by atoms with Gasteiger partial charge in [0.2, 0.25) is 0 Å². The molecule has 0 saturated carbocycles. The molecule has 4 rings (SSSR count). The van der Waals surface area contributed by atoms with Crippen molar-refractivity contribution >= 4 is 51.0 Å². The molecule has 11 heteroatoms. The fourth-order valence-electron chi connectivity index (χ4n) is 4.14. The first-order valence-electron chi connectivity index (χ1n) is 11.8. The van der Waals surface area contributed by atoms with Crippen LogP contribution in [0.3, 0.4) is 0 Å². The number of ether oxygens (including phenoxy) is 1. The molecular weight excluding hydrogens is 559 g/mol. The number of nitrogens with one attached hydrogen (secondary N) is 1. The Labute approximate surface area is 237 Å². The second-order valence-corrected chi connectivity index (χ2v) is 11.3. The number of aromatic nitrogens is 1. The molecule has 1 N–H and O–H groups in total. The number of carbonyl (C=O) groups is 1. The van der Waals surface area contributed by atoms with E-state index in [2.05, 4.69) is 10.5 Å². The van der Waals surface area contributed by atoms with Crippen molar-refractivity contribution in [3.63, 3.8) is 0 Å². The van der Waals surface area contributed by atoms with Gasteiger partial charge in [0.15, 0.2) is 0 Å². The van der Waals surface area contributed by atoms with Gasteiger partial charge in [0.05, 0.1) is 34.6 Å². The van der Waals surface area contributed by atoms with E-state index in [4.69, 9.17) is 27.9 Å². The molecule has 202 valence electrons. The zero-order chi connectivity index (χ0) is 28.2. The van der Waals surface area contributed by atoms with Crippen LogP contribution in [0.5, 0.6) is 5.75 Å². The van der Waals surface area contributed by atoms with Crippen molar-refractivity contribution in [2.24, 2.45) is 5.10 Å². The van der Waals surface area contributed by atoms with Crippen LogP contribution < -0.4 is 14.5 Å². The third-order valence-corrected chi connectivity index (χ3v) is 8.31. The molecule has 1 heterocycles. The van der Waals surface area contributed by atoms with Gasteiger partial charge in [-0.25, -0.2) is 13.8 Å². The van der Waals surface area contributed by atoms with Crippen LogP contribution in [-0.4, -0.2) is 38.8 Å². The zero-order valence-electron chi connectivity index (χ0n) is 21.4. The average Bonchev–Trinajstić information content (AvgIpc) is 3.20. The first kappa shape index (κ1) is 28.2. The lowest BCUT2D eigenvalue weighted by Crippen LogP contribution is -2.39. The number of hydrogen-bond donors (Lipinski definition) is 1. The molecule has 0 bridgehead atoms. The number of anilines is 1. The van der Waals surface area contributed by atoms with Crippen molar-refractivity contribution in [2.75, 3.05) is 18.0 Å². The Morgan fingerprint density at radius 2 is 1.72 bits per heavy atom. The van der Waals surface area contributed by atoms with Crippen LogP contribution in [-0.2, 0) is 14.8 Å². The van der Waals surface area contributed by atoms with Crippen LogP contribution in [0.1, 0.15) is 17.0 Å². The Balaban J connectivity index is 1.60. The summed E-state index contributed by atoms with van der Waals surface area (Å²) in [5.41, 5.74) is 5.94. The lowest BCUT2D eigenvalue weighted by molar-refractivity contribution is -0.119. The first-order valence-corrected chi connectivity index (χ1v) is 14.0. The quantitative estimate of drug-likeness (QED) is 0.200. The summed E-state index contributed by atoms with van der Waals surface area (Å²) in [7, 11) is -2.75. The van der Waals surface area contributed by atoms with Gasteiger partial charge in [-0.1, -0.05) is 53.5 Å². The van der Waals surface area contributed by atoms with Crippen molar-refractivity contribution in [1.82, 2.24) is 9.99 Å². The summed E-state index contributed by atoms with van der Waals surface area (Å²) in [4.78, 5) is 13.0. The average molecular weight is 586 g/mol. The van der Waals surface area contributed by atoms with Gasteiger partial charge in [-0.05, 0) is 62.4 Å². The minimum absolute atomic E-state index is 0.00958. The Hall–Kier alpha value is -3.79. The van der Waals surface area contributed by atoms with Gasteiger partial charge in [0, 0.05) is 22.0 Å². The molecule has 0 unspecified atom stereocenters. The molecule has 0 saturated heterocycles. The molecule has 1 aromatic heterocycles. The highest BCUT2D eigenvalue weighted by atomic mass is 35.5. The Bertz CT molecular complexity index is 1640. The summed E-state index contributed by atoms with van der Waals surface area (Å²) in [5.74, 6) is -0.421. The largest absolute Gasteiger partial charge is 0.495 e. The van der Waals surface area contributed by atoms with Crippen LogP contribution in [0.4, 0.5) is 5.69 Å². The smallest absolute Gasteiger partial charge is 0.264 e.